The van der Waals surface area contributed by atoms with Gasteiger partial charge in [-0.15, -0.1) is 0 Å². The van der Waals surface area contributed by atoms with Gasteiger partial charge < -0.3 is 11.5 Å². The Morgan fingerprint density at radius 1 is 0.418 bits per heavy atom. The lowest BCUT2D eigenvalue weighted by molar-refractivity contribution is -0.137. The molecule has 0 radical (unpaired) electrons. The molecule has 0 fully saturated rings. The summed E-state index contributed by atoms with van der Waals surface area (Å²) in [6, 6.07) is 28.1. The highest BCUT2D eigenvalue weighted by Crippen LogP contribution is 2.43. The minimum atomic E-state index is -4.88. The molecule has 55 heavy (non-hydrogen) atoms. The van der Waals surface area contributed by atoms with Crippen LogP contribution >= 0.6 is 0 Å². The zero-order chi connectivity index (χ0) is 39.1. The Morgan fingerprint density at radius 2 is 0.800 bits per heavy atom. The van der Waals surface area contributed by atoms with E-state index in [1.807, 2.05) is 26.0 Å². The van der Waals surface area contributed by atoms with Crippen LogP contribution in [0.2, 0.25) is 0 Å². The number of halogens is 3. The standard InChI is InChI=1S/C44H31F3N4O4/c1-22-16-27(48)6-12-31(22)25-4-10-35-37(19-25)42(54)50(40(35)52)29-8-14-33(24(3)18-29)34-15-9-30(21-39(34)44(45,46)47)51-41(53)36-11-5-26(20-38(36)43(51)55)32-13-7-28(49)17-23(32)2/h4-21H,48-49H2,1-3H3. The molecule has 0 aliphatic carbocycles. The van der Waals surface area contributed by atoms with Crippen LogP contribution < -0.4 is 21.3 Å². The van der Waals surface area contributed by atoms with Gasteiger partial charge in [0, 0.05) is 11.4 Å². The fourth-order valence-corrected chi connectivity index (χ4v) is 7.54. The van der Waals surface area contributed by atoms with Crippen molar-refractivity contribution in [1.29, 1.82) is 0 Å². The van der Waals surface area contributed by atoms with Crippen LogP contribution in [0.4, 0.5) is 35.9 Å². The highest BCUT2D eigenvalue weighted by atomic mass is 19.4. The minimum absolute atomic E-state index is 0.0764. The van der Waals surface area contributed by atoms with Crippen molar-refractivity contribution in [3.8, 4) is 33.4 Å². The number of carbonyl (C=O) groups is 4. The summed E-state index contributed by atoms with van der Waals surface area (Å²) < 4.78 is 44.3. The first-order valence-corrected chi connectivity index (χ1v) is 17.2. The molecule has 6 aromatic carbocycles. The van der Waals surface area contributed by atoms with Crippen LogP contribution in [0.1, 0.15) is 63.7 Å². The molecule has 0 unspecified atom stereocenters. The van der Waals surface area contributed by atoms with Gasteiger partial charge in [0.15, 0.2) is 0 Å². The van der Waals surface area contributed by atoms with Crippen LogP contribution in [0.5, 0.6) is 0 Å². The van der Waals surface area contributed by atoms with E-state index >= 15 is 0 Å². The monoisotopic (exact) mass is 736 g/mol. The van der Waals surface area contributed by atoms with Crippen molar-refractivity contribution in [2.45, 2.75) is 26.9 Å². The Labute approximate surface area is 313 Å². The van der Waals surface area contributed by atoms with Crippen molar-refractivity contribution in [2.75, 3.05) is 21.3 Å². The summed E-state index contributed by atoms with van der Waals surface area (Å²) in [6.45, 7) is 5.33. The highest BCUT2D eigenvalue weighted by molar-refractivity contribution is 6.35. The van der Waals surface area contributed by atoms with Crippen LogP contribution in [0, 0.1) is 20.8 Å². The number of nitrogen functional groups attached to an aromatic ring is 2. The molecule has 0 atom stereocenters. The molecule has 272 valence electrons. The number of rotatable bonds is 5. The molecule has 0 saturated heterocycles. The van der Waals surface area contributed by atoms with Crippen LogP contribution in [0.25, 0.3) is 33.4 Å². The van der Waals surface area contributed by atoms with E-state index in [1.54, 1.807) is 61.5 Å². The van der Waals surface area contributed by atoms with E-state index in [4.69, 9.17) is 11.5 Å². The summed E-state index contributed by atoms with van der Waals surface area (Å²) in [5.41, 5.74) is 17.5. The smallest absolute Gasteiger partial charge is 0.399 e. The molecule has 2 aliphatic rings. The predicted octanol–water partition coefficient (Wildman–Crippen LogP) is 9.40. The molecule has 2 aliphatic heterocycles. The number of anilines is 4. The predicted molar refractivity (Wildman–Crippen MR) is 206 cm³/mol. The molecular formula is C44H31F3N4O4. The third kappa shape index (κ3) is 5.72. The third-order valence-electron chi connectivity index (χ3n) is 10.2. The summed E-state index contributed by atoms with van der Waals surface area (Å²) in [7, 11) is 0. The van der Waals surface area contributed by atoms with Crippen molar-refractivity contribution < 1.29 is 32.3 Å². The maximum atomic E-state index is 14.8. The number of amides is 4. The molecule has 4 N–H and O–H groups in total. The number of hydrogen-bond acceptors (Lipinski definition) is 6. The van der Waals surface area contributed by atoms with E-state index < -0.39 is 35.4 Å². The van der Waals surface area contributed by atoms with Gasteiger partial charge in [0.05, 0.1) is 39.2 Å². The normalized spacial score (nSPS) is 13.9. The number of benzene rings is 6. The average molecular weight is 737 g/mol. The first kappa shape index (κ1) is 35.0. The van der Waals surface area contributed by atoms with Gasteiger partial charge in [-0.05, 0) is 144 Å². The van der Waals surface area contributed by atoms with Gasteiger partial charge in [0.2, 0.25) is 0 Å². The number of fused-ring (bicyclic) bond motifs is 2. The van der Waals surface area contributed by atoms with E-state index in [1.165, 1.54) is 36.4 Å². The number of nitrogens with two attached hydrogens (primary N) is 2. The summed E-state index contributed by atoms with van der Waals surface area (Å²) in [4.78, 5) is 56.1. The lowest BCUT2D eigenvalue weighted by Gasteiger charge is -2.21. The molecule has 0 saturated carbocycles. The van der Waals surface area contributed by atoms with Crippen molar-refractivity contribution in [3.05, 3.63) is 154 Å². The Morgan fingerprint density at radius 3 is 1.24 bits per heavy atom. The van der Waals surface area contributed by atoms with Crippen molar-refractivity contribution in [2.24, 2.45) is 0 Å². The van der Waals surface area contributed by atoms with Gasteiger partial charge in [-0.3, -0.25) is 19.2 Å². The Hall–Kier alpha value is -7.01. The van der Waals surface area contributed by atoms with E-state index in [2.05, 4.69) is 0 Å². The topological polar surface area (TPSA) is 127 Å². The van der Waals surface area contributed by atoms with Crippen LogP contribution in [0.3, 0.4) is 0 Å². The van der Waals surface area contributed by atoms with Gasteiger partial charge in [-0.2, -0.15) is 13.2 Å². The first-order valence-electron chi connectivity index (χ1n) is 17.2. The Bertz CT molecular complexity index is 2700. The number of alkyl halides is 3. The quantitative estimate of drug-likeness (QED) is 0.134. The molecule has 2 heterocycles. The van der Waals surface area contributed by atoms with E-state index in [0.717, 1.165) is 43.7 Å². The van der Waals surface area contributed by atoms with Gasteiger partial charge in [0.25, 0.3) is 23.6 Å². The van der Waals surface area contributed by atoms with E-state index in [-0.39, 0.29) is 44.8 Å². The number of hydrogen-bond donors (Lipinski definition) is 2. The van der Waals surface area contributed by atoms with E-state index in [0.29, 0.717) is 22.5 Å². The summed E-state index contributed by atoms with van der Waals surface area (Å²) in [5, 5.41) is 0. The minimum Gasteiger partial charge on any atom is -0.399 e. The Balaban J connectivity index is 1.11. The number of carbonyl (C=O) groups excluding carboxylic acids is 4. The van der Waals surface area contributed by atoms with E-state index in [9.17, 15) is 32.3 Å². The Kier molecular flexibility index (Phi) is 8.00. The molecular weight excluding hydrogens is 706 g/mol. The second kappa shape index (κ2) is 12.6. The number of aryl methyl sites for hydroxylation is 3. The fraction of sp³-hybridized carbons (Fsp3) is 0.0909. The molecule has 4 amide bonds. The van der Waals surface area contributed by atoms with Crippen LogP contribution in [0.15, 0.2) is 109 Å². The number of nitrogens with zero attached hydrogens (tertiary/aromatic N) is 2. The molecule has 8 nitrogen and oxygen atoms in total. The molecule has 6 aromatic rings. The molecule has 0 aromatic heterocycles. The fourth-order valence-electron chi connectivity index (χ4n) is 7.54. The lowest BCUT2D eigenvalue weighted by atomic mass is 9.94. The highest BCUT2D eigenvalue weighted by Gasteiger charge is 2.41. The SMILES string of the molecule is Cc1cc(N)ccc1-c1ccc2c(c1)C(=O)N(c1ccc(-c3ccc(N4C(=O)c5ccc(-c6ccc(N)cc6C)cc5C4=O)cc3C(F)(F)F)c(C)c1)C2=O. The van der Waals surface area contributed by atoms with Gasteiger partial charge in [-0.25, -0.2) is 9.80 Å². The molecule has 8 rings (SSSR count). The largest absolute Gasteiger partial charge is 0.417 e. The van der Waals surface area contributed by atoms with Gasteiger partial charge >= 0.3 is 6.18 Å². The first-order chi connectivity index (χ1) is 26.1. The lowest BCUT2D eigenvalue weighted by Crippen LogP contribution is -2.29. The third-order valence-corrected chi connectivity index (χ3v) is 10.2. The van der Waals surface area contributed by atoms with Crippen molar-refractivity contribution >= 4 is 46.4 Å². The maximum absolute atomic E-state index is 14.8. The molecule has 0 bridgehead atoms. The molecule has 0 spiro atoms. The summed E-state index contributed by atoms with van der Waals surface area (Å²) in [6.07, 6.45) is -4.88. The summed E-state index contributed by atoms with van der Waals surface area (Å²) >= 11 is 0. The second-order valence-corrected chi connectivity index (χ2v) is 13.8. The van der Waals surface area contributed by atoms with Crippen molar-refractivity contribution in [3.63, 3.8) is 0 Å². The number of imide groups is 2. The van der Waals surface area contributed by atoms with Crippen LogP contribution in [-0.2, 0) is 6.18 Å². The maximum Gasteiger partial charge on any atom is 0.417 e. The zero-order valence-electron chi connectivity index (χ0n) is 29.7. The van der Waals surface area contributed by atoms with Gasteiger partial charge in [0.1, 0.15) is 0 Å². The molecule has 11 heteroatoms. The summed E-state index contributed by atoms with van der Waals surface area (Å²) in [5.74, 6) is -2.59. The average Bonchev–Trinajstić information content (AvgIpc) is 3.54. The van der Waals surface area contributed by atoms with Gasteiger partial charge in [-0.1, -0.05) is 36.4 Å². The second-order valence-electron chi connectivity index (χ2n) is 13.8. The van der Waals surface area contributed by atoms with Crippen molar-refractivity contribution in [1.82, 2.24) is 0 Å². The van der Waals surface area contributed by atoms with Crippen LogP contribution in [-0.4, -0.2) is 23.6 Å². The zero-order valence-corrected chi connectivity index (χ0v) is 29.7.